The first-order chi connectivity index (χ1) is 12.1. The molecule has 0 unspecified atom stereocenters. The van der Waals surface area contributed by atoms with Gasteiger partial charge in [-0.25, -0.2) is 9.78 Å². The van der Waals surface area contributed by atoms with Gasteiger partial charge in [-0.15, -0.1) is 11.3 Å². The van der Waals surface area contributed by atoms with Gasteiger partial charge in [-0.3, -0.25) is 4.90 Å². The monoisotopic (exact) mass is 360 g/mol. The Balaban J connectivity index is 1.49. The number of piperazine rings is 1. The molecule has 0 spiro atoms. The Kier molecular flexibility index (Phi) is 5.88. The Labute approximate surface area is 152 Å². The average Bonchev–Trinajstić information content (AvgIpc) is 3.05. The van der Waals surface area contributed by atoms with Crippen LogP contribution in [0.5, 0.6) is 0 Å². The maximum Gasteiger partial charge on any atom is 0.409 e. The lowest BCUT2D eigenvalue weighted by Gasteiger charge is -2.33. The van der Waals surface area contributed by atoms with Crippen molar-refractivity contribution in [2.75, 3.05) is 38.1 Å². The number of hydrogen-bond acceptors (Lipinski definition) is 6. The van der Waals surface area contributed by atoms with E-state index in [0.717, 1.165) is 36.1 Å². The third kappa shape index (κ3) is 4.93. The number of carbonyl (C=O) groups is 1. The van der Waals surface area contributed by atoms with Crippen LogP contribution in [0.15, 0.2) is 29.6 Å². The summed E-state index contributed by atoms with van der Waals surface area (Å²) in [5, 5.41) is 6.34. The van der Waals surface area contributed by atoms with Crippen LogP contribution < -0.4 is 5.32 Å². The molecule has 1 aromatic heterocycles. The van der Waals surface area contributed by atoms with Gasteiger partial charge in [0.25, 0.3) is 0 Å². The van der Waals surface area contributed by atoms with Crippen LogP contribution in [0, 0.1) is 6.92 Å². The summed E-state index contributed by atoms with van der Waals surface area (Å²) in [6.07, 6.45) is -0.208. The largest absolute Gasteiger partial charge is 0.450 e. The predicted octanol–water partition coefficient (Wildman–Crippen LogP) is 3.47. The predicted molar refractivity (Wildman–Crippen MR) is 100 cm³/mol. The van der Waals surface area contributed by atoms with Gasteiger partial charge in [0.1, 0.15) is 0 Å². The second kappa shape index (κ2) is 8.31. The summed E-state index contributed by atoms with van der Waals surface area (Å²) in [5.41, 5.74) is 3.35. The van der Waals surface area contributed by atoms with Gasteiger partial charge in [-0.05, 0) is 26.0 Å². The molecule has 134 valence electrons. The molecule has 1 amide bonds. The summed E-state index contributed by atoms with van der Waals surface area (Å²) in [4.78, 5) is 20.5. The fourth-order valence-electron chi connectivity index (χ4n) is 2.73. The van der Waals surface area contributed by atoms with Crippen molar-refractivity contribution >= 4 is 28.2 Å². The number of rotatable bonds is 5. The number of anilines is 2. The number of aryl methyl sites for hydroxylation is 1. The SMILES string of the molecule is CCOC(=O)N1CCN(Cc2csc(Nc3ccc(C)cc3)n2)CC1. The second-order valence-electron chi connectivity index (χ2n) is 6.10. The Morgan fingerprint density at radius 2 is 1.96 bits per heavy atom. The first kappa shape index (κ1) is 17.7. The summed E-state index contributed by atoms with van der Waals surface area (Å²) in [6, 6.07) is 8.29. The summed E-state index contributed by atoms with van der Waals surface area (Å²) in [6.45, 7) is 8.24. The van der Waals surface area contributed by atoms with Crippen LogP contribution in [0.4, 0.5) is 15.6 Å². The van der Waals surface area contributed by atoms with E-state index < -0.39 is 0 Å². The van der Waals surface area contributed by atoms with Gasteiger partial charge in [0, 0.05) is 43.8 Å². The topological polar surface area (TPSA) is 57.7 Å². The Morgan fingerprint density at radius 3 is 2.64 bits per heavy atom. The van der Waals surface area contributed by atoms with Crippen LogP contribution in [0.2, 0.25) is 0 Å². The molecule has 0 radical (unpaired) electrons. The molecule has 1 aliphatic rings. The highest BCUT2D eigenvalue weighted by Gasteiger charge is 2.22. The third-order valence-electron chi connectivity index (χ3n) is 4.14. The van der Waals surface area contributed by atoms with E-state index in [1.54, 1.807) is 16.2 Å². The lowest BCUT2D eigenvalue weighted by Crippen LogP contribution is -2.48. The summed E-state index contributed by atoms with van der Waals surface area (Å²) < 4.78 is 5.05. The molecule has 2 aromatic rings. The molecule has 0 atom stereocenters. The molecule has 0 saturated carbocycles. The van der Waals surface area contributed by atoms with Crippen molar-refractivity contribution in [3.63, 3.8) is 0 Å². The molecular weight excluding hydrogens is 336 g/mol. The zero-order valence-electron chi connectivity index (χ0n) is 14.7. The van der Waals surface area contributed by atoms with E-state index in [2.05, 4.69) is 51.8 Å². The molecule has 1 saturated heterocycles. The average molecular weight is 360 g/mol. The molecule has 1 aromatic carbocycles. The number of nitrogens with zero attached hydrogens (tertiary/aromatic N) is 3. The van der Waals surface area contributed by atoms with Crippen molar-refractivity contribution in [2.45, 2.75) is 20.4 Å². The van der Waals surface area contributed by atoms with Crippen molar-refractivity contribution in [3.8, 4) is 0 Å². The minimum Gasteiger partial charge on any atom is -0.450 e. The van der Waals surface area contributed by atoms with Gasteiger partial charge in [-0.1, -0.05) is 17.7 Å². The Bertz CT molecular complexity index is 693. The van der Waals surface area contributed by atoms with E-state index in [9.17, 15) is 4.79 Å². The number of thiazole rings is 1. The molecule has 7 heteroatoms. The number of hydrogen-bond donors (Lipinski definition) is 1. The van der Waals surface area contributed by atoms with E-state index >= 15 is 0 Å². The van der Waals surface area contributed by atoms with Gasteiger partial charge < -0.3 is 15.0 Å². The number of amides is 1. The fourth-order valence-corrected chi connectivity index (χ4v) is 3.45. The highest BCUT2D eigenvalue weighted by Crippen LogP contribution is 2.22. The number of benzene rings is 1. The maximum absolute atomic E-state index is 11.7. The third-order valence-corrected chi connectivity index (χ3v) is 4.95. The van der Waals surface area contributed by atoms with Crippen molar-refractivity contribution < 1.29 is 9.53 Å². The van der Waals surface area contributed by atoms with E-state index in [0.29, 0.717) is 19.7 Å². The molecule has 25 heavy (non-hydrogen) atoms. The smallest absolute Gasteiger partial charge is 0.409 e. The van der Waals surface area contributed by atoms with Gasteiger partial charge in [0.2, 0.25) is 0 Å². The molecule has 3 rings (SSSR count). The van der Waals surface area contributed by atoms with Crippen molar-refractivity contribution in [3.05, 3.63) is 40.9 Å². The molecule has 6 nitrogen and oxygen atoms in total. The molecule has 1 N–H and O–H groups in total. The summed E-state index contributed by atoms with van der Waals surface area (Å²) in [7, 11) is 0. The van der Waals surface area contributed by atoms with Crippen molar-refractivity contribution in [1.29, 1.82) is 0 Å². The van der Waals surface area contributed by atoms with Crippen LogP contribution in [0.25, 0.3) is 0 Å². The van der Waals surface area contributed by atoms with Gasteiger partial charge in [-0.2, -0.15) is 0 Å². The maximum atomic E-state index is 11.7. The summed E-state index contributed by atoms with van der Waals surface area (Å²) in [5.74, 6) is 0. The number of ether oxygens (including phenoxy) is 1. The number of aromatic nitrogens is 1. The quantitative estimate of drug-likeness (QED) is 0.885. The Hall–Kier alpha value is -2.12. The van der Waals surface area contributed by atoms with E-state index in [1.165, 1.54) is 5.56 Å². The molecule has 0 aliphatic carbocycles. The van der Waals surface area contributed by atoms with Crippen LogP contribution >= 0.6 is 11.3 Å². The van der Waals surface area contributed by atoms with Gasteiger partial charge >= 0.3 is 6.09 Å². The first-order valence-electron chi connectivity index (χ1n) is 8.56. The highest BCUT2D eigenvalue weighted by atomic mass is 32.1. The summed E-state index contributed by atoms with van der Waals surface area (Å²) >= 11 is 1.62. The molecule has 0 bridgehead atoms. The second-order valence-corrected chi connectivity index (χ2v) is 6.96. The zero-order valence-corrected chi connectivity index (χ0v) is 15.5. The number of nitrogens with one attached hydrogen (secondary N) is 1. The van der Waals surface area contributed by atoms with E-state index in [-0.39, 0.29) is 6.09 Å². The van der Waals surface area contributed by atoms with Crippen LogP contribution in [-0.2, 0) is 11.3 Å². The van der Waals surface area contributed by atoms with E-state index in [4.69, 9.17) is 4.74 Å². The minimum absolute atomic E-state index is 0.208. The van der Waals surface area contributed by atoms with Crippen LogP contribution in [-0.4, -0.2) is 53.7 Å². The zero-order chi connectivity index (χ0) is 17.6. The van der Waals surface area contributed by atoms with Gasteiger partial charge in [0.15, 0.2) is 5.13 Å². The minimum atomic E-state index is -0.208. The molecule has 1 aliphatic heterocycles. The van der Waals surface area contributed by atoms with Gasteiger partial charge in [0.05, 0.1) is 12.3 Å². The highest BCUT2D eigenvalue weighted by molar-refractivity contribution is 7.13. The Morgan fingerprint density at radius 1 is 1.24 bits per heavy atom. The van der Waals surface area contributed by atoms with Crippen molar-refractivity contribution in [1.82, 2.24) is 14.8 Å². The molecular formula is C18H24N4O2S. The normalized spacial score (nSPS) is 15.2. The van der Waals surface area contributed by atoms with E-state index in [1.807, 2.05) is 6.92 Å². The first-order valence-corrected chi connectivity index (χ1v) is 9.44. The van der Waals surface area contributed by atoms with Crippen LogP contribution in [0.1, 0.15) is 18.2 Å². The lowest BCUT2D eigenvalue weighted by molar-refractivity contribution is 0.0776. The molecule has 1 fully saturated rings. The van der Waals surface area contributed by atoms with Crippen LogP contribution in [0.3, 0.4) is 0 Å². The fraction of sp³-hybridized carbons (Fsp3) is 0.444. The number of carbonyl (C=O) groups excluding carboxylic acids is 1. The van der Waals surface area contributed by atoms with Crippen molar-refractivity contribution in [2.24, 2.45) is 0 Å². The standard InChI is InChI=1S/C18H24N4O2S/c1-3-24-18(23)22-10-8-21(9-11-22)12-16-13-25-17(20-16)19-15-6-4-14(2)5-7-15/h4-7,13H,3,8-12H2,1-2H3,(H,19,20). The molecule has 2 heterocycles. The lowest BCUT2D eigenvalue weighted by atomic mass is 10.2.